The molecule has 0 spiro atoms. The van der Waals surface area contributed by atoms with Crippen molar-refractivity contribution in [2.45, 2.75) is 19.4 Å². The SMILES string of the molecule is C=CC(CO)[N+](CCO)(CCO)n1c(C(=O)O)ccc1-c1ccc(CC)cc1. The lowest BCUT2D eigenvalue weighted by molar-refractivity contribution is 0.0181. The summed E-state index contributed by atoms with van der Waals surface area (Å²) in [6.45, 7) is 5.22. The molecule has 0 bridgehead atoms. The average molecular weight is 389 g/mol. The molecule has 0 amide bonds. The van der Waals surface area contributed by atoms with Crippen LogP contribution in [0, 0.1) is 0 Å². The van der Waals surface area contributed by atoms with E-state index in [2.05, 4.69) is 13.5 Å². The summed E-state index contributed by atoms with van der Waals surface area (Å²) in [5, 5.41) is 39.3. The number of benzene rings is 1. The van der Waals surface area contributed by atoms with Gasteiger partial charge in [0.05, 0.1) is 13.2 Å². The fraction of sp³-hybridized carbons (Fsp3) is 0.381. The molecular weight excluding hydrogens is 360 g/mol. The number of carboxylic acids is 1. The maximum Gasteiger partial charge on any atom is 0.357 e. The van der Waals surface area contributed by atoms with E-state index in [1.165, 1.54) is 12.1 Å². The van der Waals surface area contributed by atoms with E-state index < -0.39 is 12.0 Å². The Morgan fingerprint density at radius 1 is 1.11 bits per heavy atom. The number of hydrogen-bond acceptors (Lipinski definition) is 4. The summed E-state index contributed by atoms with van der Waals surface area (Å²) < 4.78 is 1.41. The number of aromatic carboxylic acids is 1. The Balaban J connectivity index is 2.80. The first-order valence-corrected chi connectivity index (χ1v) is 9.36. The maximum atomic E-state index is 12.0. The quantitative estimate of drug-likeness (QED) is 0.344. The van der Waals surface area contributed by atoms with Crippen molar-refractivity contribution in [1.29, 1.82) is 0 Å². The molecule has 1 aromatic carbocycles. The number of quaternary nitrogens is 1. The van der Waals surface area contributed by atoms with Crippen molar-refractivity contribution in [3.05, 3.63) is 60.3 Å². The Kier molecular flexibility index (Phi) is 7.53. The summed E-state index contributed by atoms with van der Waals surface area (Å²) in [4.78, 5) is 12.0. The minimum Gasteiger partial charge on any atom is -0.476 e. The van der Waals surface area contributed by atoms with Crippen LogP contribution >= 0.6 is 0 Å². The highest BCUT2D eigenvalue weighted by Crippen LogP contribution is 2.28. The fourth-order valence-electron chi connectivity index (χ4n) is 3.71. The second-order valence-electron chi connectivity index (χ2n) is 6.64. The molecule has 1 heterocycles. The van der Waals surface area contributed by atoms with Crippen LogP contribution in [0.25, 0.3) is 11.3 Å². The number of carboxylic acid groups (broad SMARTS) is 1. The zero-order valence-corrected chi connectivity index (χ0v) is 16.2. The van der Waals surface area contributed by atoms with Crippen LogP contribution in [0.15, 0.2) is 49.1 Å². The smallest absolute Gasteiger partial charge is 0.357 e. The molecule has 152 valence electrons. The van der Waals surface area contributed by atoms with Gasteiger partial charge in [0.25, 0.3) is 0 Å². The lowest BCUT2D eigenvalue weighted by Crippen LogP contribution is -2.68. The van der Waals surface area contributed by atoms with Crippen molar-refractivity contribution in [3.63, 3.8) is 0 Å². The molecule has 2 aromatic rings. The minimum absolute atomic E-state index is 0.0109. The molecular formula is C21H29N2O5+. The summed E-state index contributed by atoms with van der Waals surface area (Å²) in [7, 11) is 0. The third-order valence-corrected chi connectivity index (χ3v) is 5.18. The van der Waals surface area contributed by atoms with Crippen molar-refractivity contribution in [3.8, 4) is 11.3 Å². The molecule has 0 fully saturated rings. The molecule has 0 aliphatic heterocycles. The van der Waals surface area contributed by atoms with Gasteiger partial charge in [-0.25, -0.2) is 9.39 Å². The van der Waals surface area contributed by atoms with Crippen molar-refractivity contribution in [2.75, 3.05) is 32.9 Å². The van der Waals surface area contributed by atoms with Crippen molar-refractivity contribution in [2.24, 2.45) is 0 Å². The number of aliphatic hydroxyl groups is 3. The summed E-state index contributed by atoms with van der Waals surface area (Å²) >= 11 is 0. The third-order valence-electron chi connectivity index (χ3n) is 5.18. The highest BCUT2D eigenvalue weighted by molar-refractivity contribution is 5.87. The number of aryl methyl sites for hydroxylation is 1. The van der Waals surface area contributed by atoms with Gasteiger partial charge >= 0.3 is 5.97 Å². The Hall–Kier alpha value is -2.45. The van der Waals surface area contributed by atoms with Gasteiger partial charge in [-0.1, -0.05) is 37.8 Å². The summed E-state index contributed by atoms with van der Waals surface area (Å²) in [5.74, 6) is -1.13. The van der Waals surface area contributed by atoms with Crippen LogP contribution in [0.4, 0.5) is 0 Å². The molecule has 28 heavy (non-hydrogen) atoms. The number of nitrogens with zero attached hydrogens (tertiary/aromatic N) is 2. The lowest BCUT2D eigenvalue weighted by atomic mass is 10.1. The topological polar surface area (TPSA) is 103 Å². The van der Waals surface area contributed by atoms with E-state index in [1.807, 2.05) is 24.3 Å². The molecule has 0 aliphatic rings. The second kappa shape index (κ2) is 9.66. The number of aromatic nitrogens is 1. The van der Waals surface area contributed by atoms with Gasteiger partial charge in [0.15, 0.2) is 11.7 Å². The van der Waals surface area contributed by atoms with Gasteiger partial charge < -0.3 is 20.4 Å². The molecule has 7 nitrogen and oxygen atoms in total. The van der Waals surface area contributed by atoms with Gasteiger partial charge in [0.2, 0.25) is 0 Å². The van der Waals surface area contributed by atoms with Gasteiger partial charge in [-0.15, -0.1) is 0 Å². The summed E-state index contributed by atoms with van der Waals surface area (Å²) in [5.41, 5.74) is 2.61. The minimum atomic E-state index is -1.13. The van der Waals surface area contributed by atoms with E-state index in [0.29, 0.717) is 5.69 Å². The molecule has 2 rings (SSSR count). The van der Waals surface area contributed by atoms with Crippen molar-refractivity contribution in [1.82, 2.24) is 9.27 Å². The van der Waals surface area contributed by atoms with E-state index in [4.69, 9.17) is 0 Å². The molecule has 7 heteroatoms. The number of aliphatic hydroxyl groups excluding tert-OH is 3. The Bertz CT molecular complexity index is 792. The van der Waals surface area contributed by atoms with Gasteiger partial charge in [0.1, 0.15) is 25.4 Å². The number of rotatable bonds is 11. The van der Waals surface area contributed by atoms with Crippen LogP contribution in [-0.4, -0.2) is 70.0 Å². The first-order chi connectivity index (χ1) is 13.5. The summed E-state index contributed by atoms with van der Waals surface area (Å²) in [6, 6.07) is 10.4. The highest BCUT2D eigenvalue weighted by Gasteiger charge is 2.41. The van der Waals surface area contributed by atoms with E-state index >= 15 is 0 Å². The Morgan fingerprint density at radius 2 is 1.71 bits per heavy atom. The molecule has 0 aliphatic carbocycles. The van der Waals surface area contributed by atoms with Gasteiger partial charge in [-0.2, -0.15) is 4.68 Å². The largest absolute Gasteiger partial charge is 0.476 e. The molecule has 1 aromatic heterocycles. The molecule has 0 radical (unpaired) electrons. The monoisotopic (exact) mass is 389 g/mol. The predicted octanol–water partition coefficient (Wildman–Crippen LogP) is 1.39. The normalized spacial score (nSPS) is 12.7. The van der Waals surface area contributed by atoms with E-state index in [0.717, 1.165) is 17.5 Å². The fourth-order valence-corrected chi connectivity index (χ4v) is 3.71. The van der Waals surface area contributed by atoms with Crippen molar-refractivity contribution < 1.29 is 25.2 Å². The van der Waals surface area contributed by atoms with Crippen LogP contribution in [0.5, 0.6) is 0 Å². The van der Waals surface area contributed by atoms with E-state index in [9.17, 15) is 25.2 Å². The van der Waals surface area contributed by atoms with Crippen molar-refractivity contribution >= 4 is 5.97 Å². The van der Waals surface area contributed by atoms with Crippen LogP contribution in [0.3, 0.4) is 0 Å². The third kappa shape index (κ3) is 4.02. The van der Waals surface area contributed by atoms with Gasteiger partial charge in [-0.3, -0.25) is 0 Å². The Morgan fingerprint density at radius 3 is 2.14 bits per heavy atom. The zero-order chi connectivity index (χ0) is 20.7. The van der Waals surface area contributed by atoms with Crippen LogP contribution in [-0.2, 0) is 6.42 Å². The Labute approximate surface area is 165 Å². The standard InChI is InChI=1S/C21H28N2O5/c1-3-16-5-7-17(8-6-16)19-9-10-20(21(27)28)22(19)23(11-13-24,12-14-25)18(4-2)15-26/h4-10,18,24-26H,2-3,11-15H2,1H3/p+1. The van der Waals surface area contributed by atoms with Gasteiger partial charge in [0, 0.05) is 5.56 Å². The maximum absolute atomic E-state index is 12.0. The molecule has 0 saturated heterocycles. The highest BCUT2D eigenvalue weighted by atomic mass is 16.4. The zero-order valence-electron chi connectivity index (χ0n) is 16.2. The first kappa shape index (κ1) is 21.8. The first-order valence-electron chi connectivity index (χ1n) is 9.36. The number of carbonyl (C=O) groups is 1. The molecule has 1 atom stereocenters. The van der Waals surface area contributed by atoms with Crippen LogP contribution < -0.4 is 4.59 Å². The second-order valence-corrected chi connectivity index (χ2v) is 6.64. The van der Waals surface area contributed by atoms with Gasteiger partial charge in [-0.05, 0) is 30.2 Å². The molecule has 4 N–H and O–H groups in total. The van der Waals surface area contributed by atoms with E-state index in [1.54, 1.807) is 10.7 Å². The predicted molar refractivity (Wildman–Crippen MR) is 109 cm³/mol. The summed E-state index contributed by atoms with van der Waals surface area (Å²) in [6.07, 6.45) is 2.42. The lowest BCUT2D eigenvalue weighted by Gasteiger charge is -2.43. The average Bonchev–Trinajstić information content (AvgIpc) is 3.15. The van der Waals surface area contributed by atoms with Crippen LogP contribution in [0.2, 0.25) is 0 Å². The van der Waals surface area contributed by atoms with Crippen LogP contribution in [0.1, 0.15) is 23.0 Å². The number of hydrogen-bond donors (Lipinski definition) is 4. The van der Waals surface area contributed by atoms with E-state index in [-0.39, 0.29) is 43.2 Å². The molecule has 1 unspecified atom stereocenters. The molecule has 0 saturated carbocycles.